The summed E-state index contributed by atoms with van der Waals surface area (Å²) in [5.74, 6) is -0.175. The van der Waals surface area contributed by atoms with E-state index in [0.29, 0.717) is 17.4 Å². The van der Waals surface area contributed by atoms with Crippen LogP contribution < -0.4 is 5.32 Å². The third kappa shape index (κ3) is 50.4. The first-order valence-electron chi connectivity index (χ1n) is 27.9. The van der Waals surface area contributed by atoms with Gasteiger partial charge < -0.3 is 19.8 Å². The van der Waals surface area contributed by atoms with Crippen LogP contribution in [0, 0.1) is 0 Å². The molecule has 9 heteroatoms. The number of phosphoric ester groups is 1. The molecular weight excluding hydrogens is 828 g/mol. The molecule has 0 fully saturated rings. The van der Waals surface area contributed by atoms with Crippen molar-refractivity contribution in [3.8, 4) is 0 Å². The van der Waals surface area contributed by atoms with Crippen molar-refractivity contribution < 1.29 is 32.9 Å². The maximum absolute atomic E-state index is 13.0. The standard InChI is InChI=1S/C56H109N2O6P/c1-6-8-10-12-14-16-18-20-22-24-26-28-30-31-33-35-37-39-41-43-45-47-49-55(59)54(53-64-65(61,62)63-52-51-58(3,4)5)57-56(60)50-48-46-44-42-40-38-36-34-32-29-27-25-23-21-19-17-15-13-11-9-7-2/h9,11,15,17,47,49,54-55,59H,6-8,10,12-14,16,18-46,48,50-53H2,1-5H3,(H-,57,60,61,62)/p+1/b11-9-,17-15-,49-47+. The van der Waals surface area contributed by atoms with Crippen LogP contribution in [0.3, 0.4) is 0 Å². The molecule has 0 bridgehead atoms. The van der Waals surface area contributed by atoms with Crippen LogP contribution in [0.1, 0.15) is 264 Å². The minimum Gasteiger partial charge on any atom is -0.387 e. The van der Waals surface area contributed by atoms with E-state index in [1.165, 1.54) is 193 Å². The third-order valence-electron chi connectivity index (χ3n) is 12.6. The number of allylic oxidation sites excluding steroid dienone is 5. The van der Waals surface area contributed by atoms with E-state index in [0.717, 1.165) is 51.4 Å². The van der Waals surface area contributed by atoms with Gasteiger partial charge in [0.25, 0.3) is 0 Å². The number of phosphoric acid groups is 1. The first kappa shape index (κ1) is 63.7. The lowest BCUT2D eigenvalue weighted by atomic mass is 10.0. The Morgan fingerprint density at radius 1 is 0.538 bits per heavy atom. The van der Waals surface area contributed by atoms with Crippen LogP contribution in [0.2, 0.25) is 0 Å². The molecule has 0 aliphatic rings. The summed E-state index contributed by atoms with van der Waals surface area (Å²) in [6.07, 6.45) is 60.9. The van der Waals surface area contributed by atoms with E-state index in [4.69, 9.17) is 9.05 Å². The Hall–Kier alpha value is -1.28. The Morgan fingerprint density at radius 3 is 1.34 bits per heavy atom. The van der Waals surface area contributed by atoms with Crippen molar-refractivity contribution >= 4 is 13.7 Å². The number of aliphatic hydroxyl groups is 1. The highest BCUT2D eigenvalue weighted by Crippen LogP contribution is 2.43. The van der Waals surface area contributed by atoms with Gasteiger partial charge in [-0.3, -0.25) is 13.8 Å². The zero-order valence-corrected chi connectivity index (χ0v) is 44.6. The van der Waals surface area contributed by atoms with Gasteiger partial charge in [-0.15, -0.1) is 0 Å². The minimum absolute atomic E-state index is 0.0624. The van der Waals surface area contributed by atoms with Gasteiger partial charge in [0, 0.05) is 6.42 Å². The fourth-order valence-electron chi connectivity index (χ4n) is 8.26. The molecule has 0 aromatic carbocycles. The molecule has 0 saturated carbocycles. The van der Waals surface area contributed by atoms with Crippen molar-refractivity contribution in [1.82, 2.24) is 5.32 Å². The Labute approximate surface area is 404 Å². The van der Waals surface area contributed by atoms with Gasteiger partial charge in [-0.05, 0) is 44.9 Å². The number of nitrogens with one attached hydrogen (secondary N) is 1. The summed E-state index contributed by atoms with van der Waals surface area (Å²) in [7, 11) is 1.58. The molecule has 3 unspecified atom stereocenters. The summed E-state index contributed by atoms with van der Waals surface area (Å²) < 4.78 is 23.7. The molecular formula is C56H110N2O6P+. The number of likely N-dealkylation sites (N-methyl/N-ethyl adjacent to an activating group) is 1. The molecule has 0 rings (SSSR count). The van der Waals surface area contributed by atoms with Gasteiger partial charge in [-0.25, -0.2) is 4.57 Å². The van der Waals surface area contributed by atoms with Crippen LogP contribution >= 0.6 is 7.82 Å². The summed E-state index contributed by atoms with van der Waals surface area (Å²) >= 11 is 0. The summed E-state index contributed by atoms with van der Waals surface area (Å²) in [4.78, 5) is 23.3. The molecule has 384 valence electrons. The van der Waals surface area contributed by atoms with Crippen LogP contribution in [0.25, 0.3) is 0 Å². The van der Waals surface area contributed by atoms with Gasteiger partial charge in [0.15, 0.2) is 0 Å². The highest BCUT2D eigenvalue weighted by Gasteiger charge is 2.27. The maximum Gasteiger partial charge on any atom is 0.472 e. The Morgan fingerprint density at radius 2 is 0.923 bits per heavy atom. The average molecular weight is 938 g/mol. The number of aliphatic hydroxyl groups excluding tert-OH is 1. The van der Waals surface area contributed by atoms with Crippen molar-refractivity contribution in [2.45, 2.75) is 276 Å². The molecule has 0 heterocycles. The SMILES string of the molecule is CC/C=C\C/C=C\CCCCCCCCCCCCCCCCC(=O)NC(COP(=O)(O)OCC[N+](C)(C)C)C(O)/C=C/CCCCCCCCCCCCCCCCCCCCCC. The number of carbonyl (C=O) groups excluding carboxylic acids is 1. The third-order valence-corrected chi connectivity index (χ3v) is 13.6. The number of unbranched alkanes of at least 4 members (excludes halogenated alkanes) is 34. The van der Waals surface area contributed by atoms with Crippen molar-refractivity contribution in [1.29, 1.82) is 0 Å². The number of carbonyl (C=O) groups is 1. The maximum atomic E-state index is 13.0. The largest absolute Gasteiger partial charge is 0.472 e. The molecule has 0 aromatic rings. The average Bonchev–Trinajstić information content (AvgIpc) is 3.26. The van der Waals surface area contributed by atoms with Crippen LogP contribution in [0.15, 0.2) is 36.5 Å². The van der Waals surface area contributed by atoms with Gasteiger partial charge in [0.05, 0.1) is 39.9 Å². The lowest BCUT2D eigenvalue weighted by Gasteiger charge is -2.25. The fourth-order valence-corrected chi connectivity index (χ4v) is 8.99. The van der Waals surface area contributed by atoms with E-state index in [1.54, 1.807) is 6.08 Å². The summed E-state index contributed by atoms with van der Waals surface area (Å²) in [6, 6.07) is -0.846. The van der Waals surface area contributed by atoms with Crippen LogP contribution in [-0.4, -0.2) is 73.4 Å². The number of hydrogen-bond acceptors (Lipinski definition) is 5. The first-order chi connectivity index (χ1) is 31.5. The second-order valence-corrected chi connectivity index (χ2v) is 21.7. The van der Waals surface area contributed by atoms with Gasteiger partial charge in [-0.1, -0.05) is 249 Å². The second-order valence-electron chi connectivity index (χ2n) is 20.3. The first-order valence-corrected chi connectivity index (χ1v) is 29.4. The lowest BCUT2D eigenvalue weighted by molar-refractivity contribution is -0.870. The predicted octanol–water partition coefficient (Wildman–Crippen LogP) is 16.6. The number of rotatable bonds is 51. The van der Waals surface area contributed by atoms with E-state index in [1.807, 2.05) is 27.2 Å². The van der Waals surface area contributed by atoms with Gasteiger partial charge in [0.2, 0.25) is 5.91 Å². The number of hydrogen-bond donors (Lipinski definition) is 3. The van der Waals surface area contributed by atoms with Gasteiger partial charge in [0.1, 0.15) is 13.2 Å². The van der Waals surface area contributed by atoms with E-state index in [9.17, 15) is 19.4 Å². The van der Waals surface area contributed by atoms with Crippen molar-refractivity contribution in [2.24, 2.45) is 0 Å². The zero-order chi connectivity index (χ0) is 47.8. The van der Waals surface area contributed by atoms with E-state index in [2.05, 4.69) is 43.5 Å². The summed E-state index contributed by atoms with van der Waals surface area (Å²) in [5.41, 5.74) is 0. The highest BCUT2D eigenvalue weighted by molar-refractivity contribution is 7.47. The Kier molecular flexibility index (Phi) is 46.8. The molecule has 0 aliphatic heterocycles. The van der Waals surface area contributed by atoms with Gasteiger partial charge >= 0.3 is 7.82 Å². The molecule has 3 N–H and O–H groups in total. The molecule has 0 spiro atoms. The van der Waals surface area contributed by atoms with Crippen molar-refractivity contribution in [2.75, 3.05) is 40.9 Å². The monoisotopic (exact) mass is 938 g/mol. The fraction of sp³-hybridized carbons (Fsp3) is 0.875. The normalized spacial score (nSPS) is 14.3. The molecule has 0 saturated heterocycles. The highest BCUT2D eigenvalue weighted by atomic mass is 31.2. The summed E-state index contributed by atoms with van der Waals surface area (Å²) in [6.45, 7) is 4.75. The molecule has 0 radical (unpaired) electrons. The lowest BCUT2D eigenvalue weighted by Crippen LogP contribution is -2.45. The topological polar surface area (TPSA) is 105 Å². The van der Waals surface area contributed by atoms with Gasteiger partial charge in [-0.2, -0.15) is 0 Å². The van der Waals surface area contributed by atoms with Crippen LogP contribution in [0.4, 0.5) is 0 Å². The molecule has 8 nitrogen and oxygen atoms in total. The quantitative estimate of drug-likeness (QED) is 0.0243. The Bertz CT molecular complexity index is 1150. The number of quaternary nitrogens is 1. The number of amides is 1. The molecule has 1 amide bonds. The smallest absolute Gasteiger partial charge is 0.387 e. The predicted molar refractivity (Wildman–Crippen MR) is 281 cm³/mol. The van der Waals surface area contributed by atoms with Crippen LogP contribution in [0.5, 0.6) is 0 Å². The van der Waals surface area contributed by atoms with Crippen LogP contribution in [-0.2, 0) is 18.4 Å². The number of nitrogens with zero attached hydrogens (tertiary/aromatic N) is 1. The Balaban J connectivity index is 4.23. The molecule has 65 heavy (non-hydrogen) atoms. The van der Waals surface area contributed by atoms with E-state index < -0.39 is 20.0 Å². The molecule has 0 aliphatic carbocycles. The van der Waals surface area contributed by atoms with E-state index >= 15 is 0 Å². The second kappa shape index (κ2) is 47.8. The summed E-state index contributed by atoms with van der Waals surface area (Å²) in [5, 5.41) is 13.9. The van der Waals surface area contributed by atoms with Crippen molar-refractivity contribution in [3.63, 3.8) is 0 Å². The van der Waals surface area contributed by atoms with E-state index in [-0.39, 0.29) is 19.1 Å². The minimum atomic E-state index is -4.34. The zero-order valence-electron chi connectivity index (χ0n) is 43.7. The molecule has 3 atom stereocenters. The van der Waals surface area contributed by atoms with Crippen molar-refractivity contribution in [3.05, 3.63) is 36.5 Å². The molecule has 0 aromatic heterocycles.